The van der Waals surface area contributed by atoms with Crippen LogP contribution >= 0.6 is 0 Å². The number of hydrogen-bond donors (Lipinski definition) is 3. The fourth-order valence-corrected chi connectivity index (χ4v) is 0.996. The second-order valence-corrected chi connectivity index (χ2v) is 3.39. The van der Waals surface area contributed by atoms with Crippen molar-refractivity contribution >= 4 is 11.9 Å². The van der Waals surface area contributed by atoms with E-state index in [1.807, 2.05) is 0 Å². The van der Waals surface area contributed by atoms with Crippen LogP contribution in [-0.2, 0) is 9.59 Å². The standard InChI is InChI=1S/C10H15NO5/c1-6(2)9(14)11(4-7(3)12)5-8(13)10(15)16/h8,12-13H,1,3-5H2,2H3,(H,15,16). The summed E-state index contributed by atoms with van der Waals surface area (Å²) in [6.45, 7) is 7.37. The molecule has 0 saturated carbocycles. The van der Waals surface area contributed by atoms with Crippen LogP contribution in [0.3, 0.4) is 0 Å². The monoisotopic (exact) mass is 229 g/mol. The molecule has 3 N–H and O–H groups in total. The summed E-state index contributed by atoms with van der Waals surface area (Å²) in [7, 11) is 0. The Hall–Kier alpha value is -1.82. The Bertz CT molecular complexity index is 323. The molecule has 0 rings (SSSR count). The van der Waals surface area contributed by atoms with Crippen molar-refractivity contribution in [2.45, 2.75) is 13.0 Å². The van der Waals surface area contributed by atoms with E-state index in [1.165, 1.54) is 6.92 Å². The summed E-state index contributed by atoms with van der Waals surface area (Å²) in [5.41, 5.74) is 0.179. The van der Waals surface area contributed by atoms with E-state index in [0.29, 0.717) is 0 Å². The quantitative estimate of drug-likeness (QED) is 0.436. The van der Waals surface area contributed by atoms with Crippen LogP contribution in [0, 0.1) is 0 Å². The summed E-state index contributed by atoms with van der Waals surface area (Å²) in [6, 6.07) is 0. The van der Waals surface area contributed by atoms with Gasteiger partial charge in [0.25, 0.3) is 0 Å². The number of carboxylic acids is 1. The molecule has 0 fully saturated rings. The zero-order chi connectivity index (χ0) is 12.9. The van der Waals surface area contributed by atoms with Crippen LogP contribution in [0.15, 0.2) is 24.5 Å². The third-order valence-electron chi connectivity index (χ3n) is 1.70. The molecule has 0 aliphatic heterocycles. The van der Waals surface area contributed by atoms with Crippen LogP contribution in [-0.4, -0.2) is 51.3 Å². The number of carbonyl (C=O) groups is 2. The van der Waals surface area contributed by atoms with Crippen molar-refractivity contribution in [3.05, 3.63) is 24.5 Å². The maximum absolute atomic E-state index is 11.5. The normalized spacial score (nSPS) is 11.6. The fourth-order valence-electron chi connectivity index (χ4n) is 0.996. The Morgan fingerprint density at radius 1 is 1.31 bits per heavy atom. The molecule has 0 aliphatic carbocycles. The van der Waals surface area contributed by atoms with Gasteiger partial charge in [0, 0.05) is 5.57 Å². The van der Waals surface area contributed by atoms with Gasteiger partial charge in [0.15, 0.2) is 6.10 Å². The molecule has 90 valence electrons. The third-order valence-corrected chi connectivity index (χ3v) is 1.70. The Morgan fingerprint density at radius 3 is 2.12 bits per heavy atom. The van der Waals surface area contributed by atoms with E-state index in [2.05, 4.69) is 13.2 Å². The Balaban J connectivity index is 4.67. The first kappa shape index (κ1) is 14.2. The van der Waals surface area contributed by atoms with Crippen LogP contribution in [0.1, 0.15) is 6.92 Å². The number of carboxylic acid groups (broad SMARTS) is 1. The molecule has 6 nitrogen and oxygen atoms in total. The third kappa shape index (κ3) is 4.61. The van der Waals surface area contributed by atoms with Crippen molar-refractivity contribution in [3.63, 3.8) is 0 Å². The average molecular weight is 229 g/mol. The number of aliphatic hydroxyl groups is 2. The molecule has 0 aromatic carbocycles. The molecule has 0 spiro atoms. The van der Waals surface area contributed by atoms with E-state index in [9.17, 15) is 9.59 Å². The van der Waals surface area contributed by atoms with Crippen molar-refractivity contribution in [1.82, 2.24) is 4.90 Å². The molecule has 0 aromatic rings. The van der Waals surface area contributed by atoms with Gasteiger partial charge in [-0.1, -0.05) is 13.2 Å². The highest BCUT2D eigenvalue weighted by molar-refractivity contribution is 5.92. The van der Waals surface area contributed by atoms with Gasteiger partial charge in [-0.15, -0.1) is 0 Å². The van der Waals surface area contributed by atoms with Crippen LogP contribution in [0.2, 0.25) is 0 Å². The number of nitrogens with zero attached hydrogens (tertiary/aromatic N) is 1. The van der Waals surface area contributed by atoms with Crippen LogP contribution in [0.25, 0.3) is 0 Å². The molecule has 1 amide bonds. The summed E-state index contributed by atoms with van der Waals surface area (Å²) in [5, 5.41) is 26.6. The lowest BCUT2D eigenvalue weighted by molar-refractivity contribution is -0.148. The van der Waals surface area contributed by atoms with Crippen molar-refractivity contribution in [1.29, 1.82) is 0 Å². The zero-order valence-corrected chi connectivity index (χ0v) is 9.01. The van der Waals surface area contributed by atoms with E-state index >= 15 is 0 Å². The molecule has 1 unspecified atom stereocenters. The number of aliphatic hydroxyl groups excluding tert-OH is 2. The van der Waals surface area contributed by atoms with Gasteiger partial charge in [-0.25, -0.2) is 4.79 Å². The topological polar surface area (TPSA) is 98.1 Å². The second kappa shape index (κ2) is 5.92. The predicted molar refractivity (Wildman–Crippen MR) is 56.8 cm³/mol. The second-order valence-electron chi connectivity index (χ2n) is 3.39. The van der Waals surface area contributed by atoms with Gasteiger partial charge in [-0.05, 0) is 6.92 Å². The van der Waals surface area contributed by atoms with Gasteiger partial charge in [0.1, 0.15) is 5.76 Å². The molecule has 0 aromatic heterocycles. The first-order chi connectivity index (χ1) is 7.25. The maximum Gasteiger partial charge on any atom is 0.334 e. The Morgan fingerprint density at radius 2 is 1.81 bits per heavy atom. The molecule has 0 heterocycles. The predicted octanol–water partition coefficient (Wildman–Crippen LogP) is -0.0917. The highest BCUT2D eigenvalue weighted by atomic mass is 16.4. The van der Waals surface area contributed by atoms with Gasteiger partial charge in [-0.3, -0.25) is 4.79 Å². The summed E-state index contributed by atoms with van der Waals surface area (Å²) >= 11 is 0. The molecule has 16 heavy (non-hydrogen) atoms. The Kier molecular flexibility index (Phi) is 5.24. The maximum atomic E-state index is 11.5. The average Bonchev–Trinajstić information content (AvgIpc) is 2.14. The smallest absolute Gasteiger partial charge is 0.334 e. The van der Waals surface area contributed by atoms with E-state index in [4.69, 9.17) is 15.3 Å². The van der Waals surface area contributed by atoms with Gasteiger partial charge in [0.2, 0.25) is 5.91 Å². The molecular formula is C10H15NO5. The first-order valence-corrected chi connectivity index (χ1v) is 4.48. The molecule has 0 bridgehead atoms. The fraction of sp³-hybridized carbons (Fsp3) is 0.400. The molecule has 0 radical (unpaired) electrons. The van der Waals surface area contributed by atoms with Crippen LogP contribution in [0.5, 0.6) is 0 Å². The minimum absolute atomic E-state index is 0.179. The molecular weight excluding hydrogens is 214 g/mol. The van der Waals surface area contributed by atoms with E-state index in [-0.39, 0.29) is 17.9 Å². The van der Waals surface area contributed by atoms with Crippen LogP contribution < -0.4 is 0 Å². The van der Waals surface area contributed by atoms with Gasteiger partial charge >= 0.3 is 5.97 Å². The number of amides is 1. The zero-order valence-electron chi connectivity index (χ0n) is 9.01. The lowest BCUT2D eigenvalue weighted by Gasteiger charge is -2.23. The summed E-state index contributed by atoms with van der Waals surface area (Å²) in [6.07, 6.45) is -1.71. The molecule has 0 aliphatic rings. The van der Waals surface area contributed by atoms with Gasteiger partial charge < -0.3 is 20.2 Å². The Labute approximate surface area is 93.1 Å². The molecule has 0 saturated heterocycles. The summed E-state index contributed by atoms with van der Waals surface area (Å²) in [5.74, 6) is -2.29. The van der Waals surface area contributed by atoms with E-state index in [0.717, 1.165) is 4.90 Å². The molecule has 1 atom stereocenters. The number of rotatable bonds is 6. The van der Waals surface area contributed by atoms with Gasteiger partial charge in [0.05, 0.1) is 13.1 Å². The van der Waals surface area contributed by atoms with E-state index < -0.39 is 24.5 Å². The van der Waals surface area contributed by atoms with E-state index in [1.54, 1.807) is 0 Å². The highest BCUT2D eigenvalue weighted by Crippen LogP contribution is 2.03. The highest BCUT2D eigenvalue weighted by Gasteiger charge is 2.22. The number of hydrogen-bond acceptors (Lipinski definition) is 4. The summed E-state index contributed by atoms with van der Waals surface area (Å²) < 4.78 is 0. The minimum Gasteiger partial charge on any atom is -0.511 e. The lowest BCUT2D eigenvalue weighted by Crippen LogP contribution is -2.41. The van der Waals surface area contributed by atoms with Crippen molar-refractivity contribution in [2.24, 2.45) is 0 Å². The largest absolute Gasteiger partial charge is 0.511 e. The first-order valence-electron chi connectivity index (χ1n) is 4.48. The minimum atomic E-state index is -1.71. The van der Waals surface area contributed by atoms with Crippen molar-refractivity contribution in [3.8, 4) is 0 Å². The summed E-state index contributed by atoms with van der Waals surface area (Å²) in [4.78, 5) is 22.9. The van der Waals surface area contributed by atoms with Crippen molar-refractivity contribution in [2.75, 3.05) is 13.1 Å². The lowest BCUT2D eigenvalue weighted by atomic mass is 10.2. The van der Waals surface area contributed by atoms with Crippen molar-refractivity contribution < 1.29 is 24.9 Å². The molecule has 6 heteroatoms. The number of aliphatic carboxylic acids is 1. The van der Waals surface area contributed by atoms with Gasteiger partial charge in [-0.2, -0.15) is 0 Å². The van der Waals surface area contributed by atoms with Crippen LogP contribution in [0.4, 0.5) is 0 Å². The number of carbonyl (C=O) groups excluding carboxylic acids is 1. The SMILES string of the molecule is C=C(O)CN(CC(O)C(=O)O)C(=O)C(=C)C.